The number of nitrogens with one attached hydrogen (secondary N) is 5. The van der Waals surface area contributed by atoms with E-state index in [1.54, 1.807) is 13.8 Å². The Balaban J connectivity index is 1.73. The van der Waals surface area contributed by atoms with E-state index in [0.29, 0.717) is 19.4 Å². The molecule has 3 heterocycles. The maximum atomic E-state index is 13.8. The van der Waals surface area contributed by atoms with E-state index in [1.165, 1.54) is 4.90 Å². The first kappa shape index (κ1) is 32.7. The summed E-state index contributed by atoms with van der Waals surface area (Å²) >= 11 is 0. The fourth-order valence-electron chi connectivity index (χ4n) is 6.25. The predicted octanol–water partition coefficient (Wildman–Crippen LogP) is 0.706. The van der Waals surface area contributed by atoms with E-state index in [1.807, 2.05) is 38.1 Å². The van der Waals surface area contributed by atoms with Gasteiger partial charge in [-0.2, -0.15) is 0 Å². The summed E-state index contributed by atoms with van der Waals surface area (Å²) in [7, 11) is 0. The number of carbonyl (C=O) groups is 6. The van der Waals surface area contributed by atoms with Crippen molar-refractivity contribution in [2.24, 2.45) is 11.8 Å². The molecule has 1 unspecified atom stereocenters. The zero-order valence-electron chi connectivity index (χ0n) is 25.7. The van der Waals surface area contributed by atoms with Crippen molar-refractivity contribution in [2.75, 3.05) is 18.4 Å². The molecular weight excluding hydrogens is 568 g/mol. The first-order valence-corrected chi connectivity index (χ1v) is 15.4. The molecule has 13 heteroatoms. The molecule has 4 rings (SSSR count). The zero-order chi connectivity index (χ0) is 32.1. The predicted molar refractivity (Wildman–Crippen MR) is 161 cm³/mol. The van der Waals surface area contributed by atoms with Gasteiger partial charge in [-0.25, -0.2) is 0 Å². The van der Waals surface area contributed by atoms with E-state index in [9.17, 15) is 33.9 Å². The third-order valence-electron chi connectivity index (χ3n) is 8.51. The summed E-state index contributed by atoms with van der Waals surface area (Å²) in [5, 5.41) is 23.9. The fraction of sp³-hybridized carbons (Fsp3) is 0.613. The highest BCUT2D eigenvalue weighted by molar-refractivity contribution is 5.99. The van der Waals surface area contributed by atoms with Crippen LogP contribution in [0.5, 0.6) is 0 Å². The molecule has 44 heavy (non-hydrogen) atoms. The lowest BCUT2D eigenvalue weighted by Gasteiger charge is -2.30. The molecule has 0 spiro atoms. The average molecular weight is 613 g/mol. The first-order valence-electron chi connectivity index (χ1n) is 15.4. The van der Waals surface area contributed by atoms with Crippen molar-refractivity contribution in [2.45, 2.75) is 95.9 Å². The van der Waals surface area contributed by atoms with Gasteiger partial charge in [0, 0.05) is 24.7 Å². The van der Waals surface area contributed by atoms with E-state index >= 15 is 0 Å². The smallest absolute Gasteiger partial charge is 0.305 e. The van der Waals surface area contributed by atoms with Crippen molar-refractivity contribution in [3.63, 3.8) is 0 Å². The molecule has 0 bridgehead atoms. The Morgan fingerprint density at radius 1 is 0.886 bits per heavy atom. The Kier molecular flexibility index (Phi) is 10.5. The van der Waals surface area contributed by atoms with Crippen LogP contribution in [0.2, 0.25) is 0 Å². The highest BCUT2D eigenvalue weighted by Crippen LogP contribution is 2.34. The van der Waals surface area contributed by atoms with Gasteiger partial charge in [-0.15, -0.1) is 0 Å². The Labute approximate surface area is 257 Å². The standard InChI is InChI=1S/C31H44N6O7/c1-16(2)12-21-27(40)33-22(13-18-15-32-20-9-6-5-8-19(18)20)28(41)35-23(14-25(38)39)31(44)37-11-7-10-24(37)29(42)36-26(17(3)4)30(43)34-21/h5-6,8-9,16-18,21-24,26,32H,7,10-15H2,1-4H3,(H,33,40)(H,34,43)(H,35,41)(H,36,42)(H,38,39)/t18?,21-,22+,23+,24-,26+/m0/s1. The van der Waals surface area contributed by atoms with Crippen molar-refractivity contribution < 1.29 is 33.9 Å². The number of amides is 5. The van der Waals surface area contributed by atoms with Crippen LogP contribution in [0.15, 0.2) is 24.3 Å². The van der Waals surface area contributed by atoms with Crippen LogP contribution in [-0.2, 0) is 28.8 Å². The summed E-state index contributed by atoms with van der Waals surface area (Å²) < 4.78 is 0. The third-order valence-corrected chi connectivity index (χ3v) is 8.51. The molecular formula is C31H44N6O7. The van der Waals surface area contributed by atoms with Gasteiger partial charge < -0.3 is 36.6 Å². The SMILES string of the molecule is CC(C)C[C@@H]1NC(=O)[C@@H](C(C)C)NC(=O)[C@@H]2CCCN2C(=O)[C@@H](CC(=O)O)NC(=O)[C@@H](CC2CNc3ccccc32)NC1=O. The molecule has 5 amide bonds. The number of nitrogens with zero attached hydrogens (tertiary/aromatic N) is 1. The molecule has 6 atom stereocenters. The fourth-order valence-corrected chi connectivity index (χ4v) is 6.25. The van der Waals surface area contributed by atoms with Gasteiger partial charge in [0.2, 0.25) is 29.5 Å². The minimum atomic E-state index is -1.46. The summed E-state index contributed by atoms with van der Waals surface area (Å²) in [5.41, 5.74) is 1.89. The van der Waals surface area contributed by atoms with Gasteiger partial charge in [0.25, 0.3) is 0 Å². The zero-order valence-corrected chi connectivity index (χ0v) is 25.7. The van der Waals surface area contributed by atoms with Gasteiger partial charge in [-0.05, 0) is 49.1 Å². The highest BCUT2D eigenvalue weighted by Gasteiger charge is 2.42. The topological polar surface area (TPSA) is 186 Å². The van der Waals surface area contributed by atoms with Crippen molar-refractivity contribution in [3.05, 3.63) is 29.8 Å². The van der Waals surface area contributed by atoms with Crippen LogP contribution in [0.3, 0.4) is 0 Å². The van der Waals surface area contributed by atoms with Crippen LogP contribution >= 0.6 is 0 Å². The minimum Gasteiger partial charge on any atom is -0.481 e. The van der Waals surface area contributed by atoms with Gasteiger partial charge in [-0.3, -0.25) is 28.8 Å². The number of carboxylic acids is 1. The van der Waals surface area contributed by atoms with Gasteiger partial charge in [0.15, 0.2) is 0 Å². The number of fused-ring (bicyclic) bond motifs is 2. The quantitative estimate of drug-likeness (QED) is 0.260. The highest BCUT2D eigenvalue weighted by atomic mass is 16.4. The van der Waals surface area contributed by atoms with Gasteiger partial charge in [0.1, 0.15) is 30.2 Å². The second-order valence-electron chi connectivity index (χ2n) is 12.7. The van der Waals surface area contributed by atoms with E-state index < -0.39 is 72.1 Å². The van der Waals surface area contributed by atoms with Crippen LogP contribution in [0, 0.1) is 11.8 Å². The Morgan fingerprint density at radius 3 is 2.23 bits per heavy atom. The molecule has 1 aromatic carbocycles. The number of carbonyl (C=O) groups excluding carboxylic acids is 5. The number of para-hydroxylation sites is 1. The van der Waals surface area contributed by atoms with Crippen molar-refractivity contribution >= 4 is 41.2 Å². The van der Waals surface area contributed by atoms with E-state index in [2.05, 4.69) is 26.6 Å². The number of anilines is 1. The molecule has 2 fully saturated rings. The lowest BCUT2D eigenvalue weighted by atomic mass is 9.92. The summed E-state index contributed by atoms with van der Waals surface area (Å²) in [6, 6.07) is 2.11. The van der Waals surface area contributed by atoms with Crippen molar-refractivity contribution in [1.82, 2.24) is 26.2 Å². The number of benzene rings is 1. The molecule has 0 radical (unpaired) electrons. The Bertz CT molecular complexity index is 1280. The summed E-state index contributed by atoms with van der Waals surface area (Å²) in [6.45, 7) is 8.05. The monoisotopic (exact) mass is 612 g/mol. The molecule has 2 saturated heterocycles. The molecule has 3 aliphatic rings. The van der Waals surface area contributed by atoms with Gasteiger partial charge in [0.05, 0.1) is 6.42 Å². The summed E-state index contributed by atoms with van der Waals surface area (Å²) in [4.78, 5) is 81.4. The number of hydrogen-bond donors (Lipinski definition) is 6. The Morgan fingerprint density at radius 2 is 1.55 bits per heavy atom. The first-order chi connectivity index (χ1) is 20.8. The van der Waals surface area contributed by atoms with Crippen LogP contribution in [-0.4, -0.2) is 88.8 Å². The molecule has 0 saturated carbocycles. The van der Waals surface area contributed by atoms with E-state index in [0.717, 1.165) is 11.3 Å². The normalized spacial score (nSPS) is 28.2. The van der Waals surface area contributed by atoms with Crippen LogP contribution in [0.1, 0.15) is 71.3 Å². The van der Waals surface area contributed by atoms with E-state index in [4.69, 9.17) is 0 Å². The van der Waals surface area contributed by atoms with Gasteiger partial charge in [-0.1, -0.05) is 45.9 Å². The number of aliphatic carboxylic acids is 1. The molecule has 240 valence electrons. The van der Waals surface area contributed by atoms with Crippen molar-refractivity contribution in [1.29, 1.82) is 0 Å². The average Bonchev–Trinajstić information content (AvgIpc) is 3.61. The van der Waals surface area contributed by atoms with Crippen LogP contribution in [0.25, 0.3) is 0 Å². The lowest BCUT2D eigenvalue weighted by molar-refractivity contribution is -0.146. The van der Waals surface area contributed by atoms with Gasteiger partial charge >= 0.3 is 5.97 Å². The number of rotatable bonds is 7. The minimum absolute atomic E-state index is 0.00280. The molecule has 6 N–H and O–H groups in total. The Hall–Kier alpha value is -4.16. The second kappa shape index (κ2) is 14.1. The molecule has 1 aromatic rings. The van der Waals surface area contributed by atoms with Crippen LogP contribution in [0.4, 0.5) is 5.69 Å². The molecule has 3 aliphatic heterocycles. The largest absolute Gasteiger partial charge is 0.481 e. The number of carboxylic acid groups (broad SMARTS) is 1. The molecule has 0 aliphatic carbocycles. The second-order valence-corrected chi connectivity index (χ2v) is 12.7. The maximum Gasteiger partial charge on any atom is 0.305 e. The van der Waals surface area contributed by atoms with E-state index in [-0.39, 0.29) is 37.1 Å². The maximum absolute atomic E-state index is 13.8. The van der Waals surface area contributed by atoms with Crippen molar-refractivity contribution in [3.8, 4) is 0 Å². The van der Waals surface area contributed by atoms with Crippen LogP contribution < -0.4 is 26.6 Å². The molecule has 13 nitrogen and oxygen atoms in total. The number of hydrogen-bond acceptors (Lipinski definition) is 7. The summed E-state index contributed by atoms with van der Waals surface area (Å²) in [5.74, 6) is -4.89. The lowest BCUT2D eigenvalue weighted by Crippen LogP contribution is -2.58. The molecule has 0 aromatic heterocycles. The third kappa shape index (κ3) is 7.67. The summed E-state index contributed by atoms with van der Waals surface area (Å²) in [6.07, 6.45) is 0.562.